The molecule has 0 saturated carbocycles. The molecule has 1 aromatic carbocycles. The first kappa shape index (κ1) is 32.4. The maximum absolute atomic E-state index is 13.8. The van der Waals surface area contributed by atoms with Crippen LogP contribution >= 0.6 is 0 Å². The van der Waals surface area contributed by atoms with Crippen LogP contribution in [0, 0.1) is 18.3 Å². The van der Waals surface area contributed by atoms with Gasteiger partial charge in [-0.1, -0.05) is 37.3 Å². The van der Waals surface area contributed by atoms with Crippen molar-refractivity contribution >= 4 is 21.6 Å². The monoisotopic (exact) mass is 631 g/mol. The highest BCUT2D eigenvalue weighted by atomic mass is 32.2. The van der Waals surface area contributed by atoms with Crippen LogP contribution in [0.15, 0.2) is 72.1 Å². The molecule has 45 heavy (non-hydrogen) atoms. The highest BCUT2D eigenvalue weighted by molar-refractivity contribution is 7.89. The summed E-state index contributed by atoms with van der Waals surface area (Å²) in [5, 5.41) is 11.4. The van der Waals surface area contributed by atoms with E-state index in [0.29, 0.717) is 30.0 Å². The number of carbonyl (C=O) groups excluding carboxylic acids is 1. The van der Waals surface area contributed by atoms with Gasteiger partial charge in [0.15, 0.2) is 0 Å². The molecule has 0 radical (unpaired) electrons. The van der Waals surface area contributed by atoms with Crippen molar-refractivity contribution in [3.63, 3.8) is 0 Å². The quantitative estimate of drug-likeness (QED) is 0.242. The SMILES string of the molecule is CCCn1cc(CO[C@H](c2ccc(C)c(CN3C[C@@H](C)Cc4ncccc4S3(=O)=O)c2)C(C)(C)C(=O)Nc2cccnc2)nn1. The third-order valence-corrected chi connectivity index (χ3v) is 10.0. The fourth-order valence-corrected chi connectivity index (χ4v) is 7.36. The number of anilines is 1. The van der Waals surface area contributed by atoms with Crippen LogP contribution in [-0.2, 0) is 45.7 Å². The standard InChI is InChI=1S/C33H41N7O4S/c1-6-15-39-21-28(37-38-39)22-44-31(33(4,5)32(41)36-27-9-7-13-34-18-27)25-12-11-24(3)26(17-25)20-40-19-23(2)16-29-30(45(40,42)43)10-8-14-35-29/h7-14,17-18,21,23,31H,6,15-16,19-20,22H2,1-5H3,(H,36,41)/t23-,31+/m0/s1. The minimum atomic E-state index is -3.77. The summed E-state index contributed by atoms with van der Waals surface area (Å²) < 4.78 is 37.5. The van der Waals surface area contributed by atoms with Crippen LogP contribution in [0.1, 0.15) is 68.3 Å². The topological polar surface area (TPSA) is 132 Å². The fraction of sp³-hybridized carbons (Fsp3) is 0.424. The van der Waals surface area contributed by atoms with Crippen molar-refractivity contribution in [2.24, 2.45) is 11.3 Å². The highest BCUT2D eigenvalue weighted by Crippen LogP contribution is 2.39. The molecule has 0 aliphatic carbocycles. The maximum Gasteiger partial charge on any atom is 0.245 e. The first-order valence-electron chi connectivity index (χ1n) is 15.2. The Kier molecular flexibility index (Phi) is 9.76. The summed E-state index contributed by atoms with van der Waals surface area (Å²) in [6.07, 6.45) is 7.54. The van der Waals surface area contributed by atoms with E-state index in [1.54, 1.807) is 51.8 Å². The normalized spacial score (nSPS) is 17.3. The van der Waals surface area contributed by atoms with Gasteiger partial charge in [-0.25, -0.2) is 8.42 Å². The minimum Gasteiger partial charge on any atom is -0.366 e. The fourth-order valence-electron chi connectivity index (χ4n) is 5.64. The number of ether oxygens (including phenoxy) is 1. The number of benzene rings is 1. The van der Waals surface area contributed by atoms with Gasteiger partial charge >= 0.3 is 0 Å². The van der Waals surface area contributed by atoms with Crippen LogP contribution in [0.2, 0.25) is 0 Å². The number of sulfonamides is 1. The van der Waals surface area contributed by atoms with Crippen molar-refractivity contribution in [1.82, 2.24) is 29.3 Å². The number of aryl methyl sites for hydroxylation is 2. The van der Waals surface area contributed by atoms with E-state index in [2.05, 4.69) is 32.5 Å². The zero-order chi connectivity index (χ0) is 32.2. The Balaban J connectivity index is 1.48. The van der Waals surface area contributed by atoms with Crippen molar-refractivity contribution in [3.05, 3.63) is 95.3 Å². The van der Waals surface area contributed by atoms with E-state index in [1.807, 2.05) is 52.1 Å². The Labute approximate surface area is 265 Å². The van der Waals surface area contributed by atoms with Crippen LogP contribution in [-0.4, -0.2) is 50.1 Å². The van der Waals surface area contributed by atoms with Gasteiger partial charge in [0.25, 0.3) is 0 Å². The van der Waals surface area contributed by atoms with Crippen molar-refractivity contribution in [2.75, 3.05) is 11.9 Å². The summed E-state index contributed by atoms with van der Waals surface area (Å²) in [6.45, 7) is 11.2. The Hall–Kier alpha value is -4.00. The molecule has 3 aromatic heterocycles. The van der Waals surface area contributed by atoms with Gasteiger partial charge in [0.2, 0.25) is 15.9 Å². The second-order valence-corrected chi connectivity index (χ2v) is 14.2. The summed E-state index contributed by atoms with van der Waals surface area (Å²) in [5.74, 6) is -0.156. The van der Waals surface area contributed by atoms with Crippen LogP contribution in [0.5, 0.6) is 0 Å². The van der Waals surface area contributed by atoms with E-state index in [9.17, 15) is 13.2 Å². The third-order valence-electron chi connectivity index (χ3n) is 8.14. The molecule has 0 spiro atoms. The zero-order valence-corrected chi connectivity index (χ0v) is 27.3. The van der Waals surface area contributed by atoms with Crippen LogP contribution in [0.3, 0.4) is 0 Å². The predicted octanol–water partition coefficient (Wildman–Crippen LogP) is 5.09. The molecule has 2 atom stereocenters. The Morgan fingerprint density at radius 3 is 2.73 bits per heavy atom. The number of carbonyl (C=O) groups is 1. The first-order chi connectivity index (χ1) is 21.5. The number of nitrogens with one attached hydrogen (secondary N) is 1. The van der Waals surface area contributed by atoms with Crippen molar-refractivity contribution < 1.29 is 17.9 Å². The second kappa shape index (κ2) is 13.6. The van der Waals surface area contributed by atoms with E-state index < -0.39 is 21.5 Å². The van der Waals surface area contributed by atoms with Gasteiger partial charge in [0.05, 0.1) is 41.9 Å². The summed E-state index contributed by atoms with van der Waals surface area (Å²) in [7, 11) is -3.77. The van der Waals surface area contributed by atoms with Crippen LogP contribution in [0.25, 0.3) is 0 Å². The Morgan fingerprint density at radius 2 is 1.98 bits per heavy atom. The first-order valence-corrected chi connectivity index (χ1v) is 16.7. The second-order valence-electron chi connectivity index (χ2n) is 12.3. The molecule has 0 unspecified atom stereocenters. The average Bonchev–Trinajstić information content (AvgIpc) is 3.42. The Morgan fingerprint density at radius 1 is 1.18 bits per heavy atom. The molecule has 1 amide bonds. The van der Waals surface area contributed by atoms with E-state index in [4.69, 9.17) is 4.74 Å². The highest BCUT2D eigenvalue weighted by Gasteiger charge is 2.40. The molecular formula is C33H41N7O4S. The van der Waals surface area contributed by atoms with Gasteiger partial charge in [-0.3, -0.25) is 19.4 Å². The number of nitrogens with zero attached hydrogens (tertiary/aromatic N) is 6. The number of hydrogen-bond donors (Lipinski definition) is 1. The van der Waals surface area contributed by atoms with E-state index in [1.165, 1.54) is 0 Å². The van der Waals surface area contributed by atoms with E-state index in [-0.39, 0.29) is 29.9 Å². The number of aromatic nitrogens is 5. The van der Waals surface area contributed by atoms with Gasteiger partial charge in [-0.05, 0) is 80.5 Å². The molecule has 4 aromatic rings. The lowest BCUT2D eigenvalue weighted by Crippen LogP contribution is -2.38. The molecule has 0 bridgehead atoms. The molecular weight excluding hydrogens is 590 g/mol. The molecule has 1 N–H and O–H groups in total. The molecule has 5 rings (SSSR count). The number of hydrogen-bond acceptors (Lipinski definition) is 8. The lowest BCUT2D eigenvalue weighted by molar-refractivity contribution is -0.134. The van der Waals surface area contributed by atoms with Gasteiger partial charge in [0.1, 0.15) is 10.6 Å². The number of pyridine rings is 2. The Bertz CT molecular complexity index is 1740. The number of fused-ring (bicyclic) bond motifs is 1. The lowest BCUT2D eigenvalue weighted by Gasteiger charge is -2.34. The smallest absolute Gasteiger partial charge is 0.245 e. The van der Waals surface area contributed by atoms with Gasteiger partial charge in [-0.2, -0.15) is 4.31 Å². The summed E-state index contributed by atoms with van der Waals surface area (Å²) >= 11 is 0. The van der Waals surface area contributed by atoms with Gasteiger partial charge < -0.3 is 10.1 Å². The number of amides is 1. The summed E-state index contributed by atoms with van der Waals surface area (Å²) in [4.78, 5) is 22.5. The minimum absolute atomic E-state index is 0.0896. The largest absolute Gasteiger partial charge is 0.366 e. The van der Waals surface area contributed by atoms with Crippen molar-refractivity contribution in [3.8, 4) is 0 Å². The molecule has 12 heteroatoms. The average molecular weight is 632 g/mol. The molecule has 11 nitrogen and oxygen atoms in total. The van der Waals surface area contributed by atoms with Crippen molar-refractivity contribution in [1.29, 1.82) is 0 Å². The molecule has 238 valence electrons. The predicted molar refractivity (Wildman–Crippen MR) is 170 cm³/mol. The van der Waals surface area contributed by atoms with Crippen LogP contribution < -0.4 is 5.32 Å². The molecule has 1 aliphatic heterocycles. The zero-order valence-electron chi connectivity index (χ0n) is 26.5. The third kappa shape index (κ3) is 7.29. The van der Waals surface area contributed by atoms with Gasteiger partial charge in [-0.15, -0.1) is 5.10 Å². The maximum atomic E-state index is 13.8. The summed E-state index contributed by atoms with van der Waals surface area (Å²) in [5.41, 5.74) is 3.32. The molecule has 0 fully saturated rings. The van der Waals surface area contributed by atoms with Gasteiger partial charge in [0, 0.05) is 32.0 Å². The van der Waals surface area contributed by atoms with E-state index >= 15 is 0 Å². The van der Waals surface area contributed by atoms with Crippen molar-refractivity contribution in [2.45, 2.75) is 78.2 Å². The molecule has 0 saturated heterocycles. The van der Waals surface area contributed by atoms with Crippen LogP contribution in [0.4, 0.5) is 5.69 Å². The number of rotatable bonds is 11. The molecule has 4 heterocycles. The summed E-state index contributed by atoms with van der Waals surface area (Å²) in [6, 6.07) is 12.7. The lowest BCUT2D eigenvalue weighted by atomic mass is 9.80. The van der Waals surface area contributed by atoms with E-state index in [0.717, 1.165) is 29.7 Å². The molecule has 1 aliphatic rings.